The van der Waals surface area contributed by atoms with Gasteiger partial charge in [-0.05, 0) is 25.1 Å². The molecule has 5 nitrogen and oxygen atoms in total. The van der Waals surface area contributed by atoms with Crippen LogP contribution in [0.3, 0.4) is 0 Å². The Labute approximate surface area is 123 Å². The maximum atomic E-state index is 11.3. The number of thioether (sulfide) groups is 1. The fourth-order valence-corrected chi connectivity index (χ4v) is 2.31. The van der Waals surface area contributed by atoms with Gasteiger partial charge in [-0.15, -0.1) is 10.2 Å². The standard InChI is InChI=1S/C12H11BrN2O3S/c1-2-17-12(16)19-10-7-18-11(15-14-10)8-4-3-5-9(13)6-8/h3-6H,2,7H2,1H3. The highest BCUT2D eigenvalue weighted by atomic mass is 79.9. The lowest BCUT2D eigenvalue weighted by Gasteiger charge is -2.13. The van der Waals surface area contributed by atoms with Crippen molar-refractivity contribution < 1.29 is 14.3 Å². The van der Waals surface area contributed by atoms with Crippen molar-refractivity contribution in [3.05, 3.63) is 34.3 Å². The molecule has 0 fully saturated rings. The smallest absolute Gasteiger partial charge is 0.373 e. The van der Waals surface area contributed by atoms with Crippen LogP contribution < -0.4 is 0 Å². The van der Waals surface area contributed by atoms with Gasteiger partial charge in [0.1, 0.15) is 11.7 Å². The van der Waals surface area contributed by atoms with E-state index in [9.17, 15) is 4.79 Å². The number of carbonyl (C=O) groups is 1. The largest absolute Gasteiger partial charge is 0.469 e. The molecule has 7 heteroatoms. The second-order valence-electron chi connectivity index (χ2n) is 3.48. The zero-order valence-electron chi connectivity index (χ0n) is 10.1. The number of rotatable bonds is 2. The molecule has 0 saturated heterocycles. The van der Waals surface area contributed by atoms with Gasteiger partial charge in [0.05, 0.1) is 6.61 Å². The summed E-state index contributed by atoms with van der Waals surface area (Å²) >= 11 is 4.27. The Bertz CT molecular complexity index is 546. The van der Waals surface area contributed by atoms with Gasteiger partial charge in [0.25, 0.3) is 0 Å². The summed E-state index contributed by atoms with van der Waals surface area (Å²) in [5, 5.41) is 8.02. The SMILES string of the molecule is CCOC(=O)SC1=NN=C(c2cccc(Br)c2)OC1. The quantitative estimate of drug-likeness (QED) is 0.772. The molecule has 0 atom stereocenters. The van der Waals surface area contributed by atoms with E-state index in [0.29, 0.717) is 17.5 Å². The molecule has 0 N–H and O–H groups in total. The monoisotopic (exact) mass is 342 g/mol. The molecule has 1 aromatic rings. The molecule has 2 rings (SSSR count). The second-order valence-corrected chi connectivity index (χ2v) is 5.41. The average molecular weight is 343 g/mol. The minimum Gasteiger partial charge on any atom is -0.469 e. The number of benzene rings is 1. The van der Waals surface area contributed by atoms with E-state index in [1.54, 1.807) is 6.92 Å². The maximum absolute atomic E-state index is 11.3. The van der Waals surface area contributed by atoms with Crippen molar-refractivity contribution in [1.82, 2.24) is 0 Å². The van der Waals surface area contributed by atoms with Crippen LogP contribution in [0, 0.1) is 0 Å². The van der Waals surface area contributed by atoms with Crippen LogP contribution in [-0.4, -0.2) is 29.5 Å². The first-order valence-electron chi connectivity index (χ1n) is 5.57. The predicted octanol–water partition coefficient (Wildman–Crippen LogP) is 3.43. The van der Waals surface area contributed by atoms with E-state index in [2.05, 4.69) is 26.1 Å². The van der Waals surface area contributed by atoms with Crippen LogP contribution in [0.15, 0.2) is 38.9 Å². The molecule has 19 heavy (non-hydrogen) atoms. The lowest BCUT2D eigenvalue weighted by atomic mass is 10.2. The van der Waals surface area contributed by atoms with Crippen LogP contribution in [0.1, 0.15) is 12.5 Å². The molecular weight excluding hydrogens is 332 g/mol. The zero-order valence-corrected chi connectivity index (χ0v) is 12.5. The molecule has 100 valence electrons. The molecule has 0 spiro atoms. The third kappa shape index (κ3) is 4.07. The Balaban J connectivity index is 2.06. The van der Waals surface area contributed by atoms with Gasteiger partial charge >= 0.3 is 5.30 Å². The van der Waals surface area contributed by atoms with Crippen molar-refractivity contribution >= 4 is 43.9 Å². The van der Waals surface area contributed by atoms with Crippen LogP contribution >= 0.6 is 27.7 Å². The Morgan fingerprint density at radius 3 is 3.00 bits per heavy atom. The molecule has 1 heterocycles. The number of ether oxygens (including phenoxy) is 2. The number of hydrogen-bond donors (Lipinski definition) is 0. The highest BCUT2D eigenvalue weighted by Crippen LogP contribution is 2.17. The van der Waals surface area contributed by atoms with Crippen molar-refractivity contribution in [3.63, 3.8) is 0 Å². The average Bonchev–Trinajstić information content (AvgIpc) is 2.40. The van der Waals surface area contributed by atoms with Crippen LogP contribution in [0.4, 0.5) is 4.79 Å². The third-order valence-corrected chi connectivity index (χ3v) is 3.33. The number of hydrogen-bond acceptors (Lipinski definition) is 6. The Morgan fingerprint density at radius 1 is 1.53 bits per heavy atom. The fourth-order valence-electron chi connectivity index (χ4n) is 1.34. The van der Waals surface area contributed by atoms with E-state index in [-0.39, 0.29) is 6.61 Å². The minimum absolute atomic E-state index is 0.217. The molecule has 0 unspecified atom stereocenters. The van der Waals surface area contributed by atoms with E-state index in [1.807, 2.05) is 24.3 Å². The topological polar surface area (TPSA) is 60.2 Å². The lowest BCUT2D eigenvalue weighted by molar-refractivity contribution is 0.181. The fraction of sp³-hybridized carbons (Fsp3) is 0.250. The van der Waals surface area contributed by atoms with Gasteiger partial charge in [0, 0.05) is 21.8 Å². The predicted molar refractivity (Wildman–Crippen MR) is 78.7 cm³/mol. The number of carbonyl (C=O) groups excluding carboxylic acids is 1. The van der Waals surface area contributed by atoms with E-state index < -0.39 is 5.30 Å². The first-order chi connectivity index (χ1) is 9.19. The summed E-state index contributed by atoms with van der Waals surface area (Å²) in [6.07, 6.45) is 0. The molecule has 0 bridgehead atoms. The second kappa shape index (κ2) is 6.72. The zero-order chi connectivity index (χ0) is 13.7. The summed E-state index contributed by atoms with van der Waals surface area (Å²) in [4.78, 5) is 11.3. The molecule has 0 radical (unpaired) electrons. The van der Waals surface area contributed by atoms with Gasteiger partial charge in [-0.1, -0.05) is 22.0 Å². The van der Waals surface area contributed by atoms with Crippen molar-refractivity contribution in [2.75, 3.05) is 13.2 Å². The molecule has 0 saturated carbocycles. The van der Waals surface area contributed by atoms with E-state index in [0.717, 1.165) is 21.8 Å². The molecule has 1 aliphatic heterocycles. The van der Waals surface area contributed by atoms with Crippen molar-refractivity contribution in [2.45, 2.75) is 6.92 Å². The van der Waals surface area contributed by atoms with Crippen LogP contribution in [0.2, 0.25) is 0 Å². The normalized spacial score (nSPS) is 14.2. The van der Waals surface area contributed by atoms with Crippen molar-refractivity contribution in [3.8, 4) is 0 Å². The van der Waals surface area contributed by atoms with Crippen molar-refractivity contribution in [1.29, 1.82) is 0 Å². The Kier molecular flexibility index (Phi) is 4.98. The minimum atomic E-state index is -0.397. The molecule has 0 aromatic heterocycles. The lowest BCUT2D eigenvalue weighted by Crippen LogP contribution is -2.18. The number of halogens is 1. The molecule has 0 aliphatic carbocycles. The van der Waals surface area contributed by atoms with Crippen LogP contribution in [0.25, 0.3) is 0 Å². The Morgan fingerprint density at radius 2 is 2.37 bits per heavy atom. The Hall–Kier alpha value is -1.34. The van der Waals surface area contributed by atoms with Gasteiger partial charge in [-0.3, -0.25) is 0 Å². The van der Waals surface area contributed by atoms with E-state index in [1.165, 1.54) is 0 Å². The summed E-state index contributed by atoms with van der Waals surface area (Å²) in [6.45, 7) is 2.31. The molecular formula is C12H11BrN2O3S. The van der Waals surface area contributed by atoms with E-state index >= 15 is 0 Å². The highest BCUT2D eigenvalue weighted by Gasteiger charge is 2.17. The molecule has 0 amide bonds. The van der Waals surface area contributed by atoms with Gasteiger partial charge in [-0.25, -0.2) is 4.79 Å². The summed E-state index contributed by atoms with van der Waals surface area (Å²) in [5.74, 6) is 0.439. The summed E-state index contributed by atoms with van der Waals surface area (Å²) < 4.78 is 11.2. The molecule has 1 aromatic carbocycles. The van der Waals surface area contributed by atoms with Gasteiger partial charge in [-0.2, -0.15) is 0 Å². The number of nitrogens with zero attached hydrogens (tertiary/aromatic N) is 2. The van der Waals surface area contributed by atoms with Crippen molar-refractivity contribution in [2.24, 2.45) is 10.2 Å². The summed E-state index contributed by atoms with van der Waals surface area (Å²) in [7, 11) is 0. The molecule has 1 aliphatic rings. The summed E-state index contributed by atoms with van der Waals surface area (Å²) in [6, 6.07) is 7.57. The van der Waals surface area contributed by atoms with Crippen LogP contribution in [-0.2, 0) is 9.47 Å². The first-order valence-corrected chi connectivity index (χ1v) is 7.18. The van der Waals surface area contributed by atoms with Gasteiger partial charge in [0.2, 0.25) is 5.90 Å². The highest BCUT2D eigenvalue weighted by molar-refractivity contribution is 9.10. The van der Waals surface area contributed by atoms with Gasteiger partial charge in [0.15, 0.2) is 0 Å². The summed E-state index contributed by atoms with van der Waals surface area (Å²) in [5.41, 5.74) is 0.832. The first kappa shape index (κ1) is 14.1. The van der Waals surface area contributed by atoms with Crippen LogP contribution in [0.5, 0.6) is 0 Å². The van der Waals surface area contributed by atoms with Gasteiger partial charge < -0.3 is 9.47 Å². The third-order valence-electron chi connectivity index (χ3n) is 2.12. The van der Waals surface area contributed by atoms with E-state index in [4.69, 9.17) is 9.47 Å². The maximum Gasteiger partial charge on any atom is 0.373 e.